The average molecular weight is 294 g/mol. The minimum Gasteiger partial charge on any atom is -0.338 e. The monoisotopic (exact) mass is 294 g/mol. The van der Waals surface area contributed by atoms with Crippen LogP contribution in [-0.2, 0) is 11.3 Å². The topological polar surface area (TPSA) is 76.0 Å². The van der Waals surface area contributed by atoms with E-state index in [4.69, 9.17) is 0 Å². The van der Waals surface area contributed by atoms with Gasteiger partial charge in [0.1, 0.15) is 6.54 Å². The number of amides is 2. The fraction of sp³-hybridized carbons (Fsp3) is 0.0625. The number of hydrazine groups is 1. The molecule has 0 spiro atoms. The molecule has 0 radical (unpaired) electrons. The molecule has 0 aliphatic carbocycles. The molecule has 0 bridgehead atoms. The third-order valence-electron chi connectivity index (χ3n) is 3.23. The van der Waals surface area contributed by atoms with Crippen LogP contribution in [0.15, 0.2) is 61.1 Å². The fourth-order valence-corrected chi connectivity index (χ4v) is 2.17. The molecule has 2 aromatic heterocycles. The number of carbonyl (C=O) groups is 2. The molecular formula is C16H14N4O2. The van der Waals surface area contributed by atoms with Crippen LogP contribution in [0.1, 0.15) is 10.4 Å². The van der Waals surface area contributed by atoms with Crippen molar-refractivity contribution < 1.29 is 9.59 Å². The number of nitrogens with zero attached hydrogens (tertiary/aromatic N) is 2. The van der Waals surface area contributed by atoms with Gasteiger partial charge in [-0.1, -0.05) is 18.2 Å². The number of hydrogen-bond donors (Lipinski definition) is 2. The Kier molecular flexibility index (Phi) is 3.82. The Balaban J connectivity index is 1.60. The summed E-state index contributed by atoms with van der Waals surface area (Å²) in [5, 5.41) is 1.06. The van der Waals surface area contributed by atoms with Crippen molar-refractivity contribution in [3.8, 4) is 0 Å². The zero-order chi connectivity index (χ0) is 15.4. The molecule has 1 aromatic carbocycles. The van der Waals surface area contributed by atoms with Crippen molar-refractivity contribution in [2.24, 2.45) is 0 Å². The largest absolute Gasteiger partial charge is 0.338 e. The molecule has 0 aliphatic rings. The highest BCUT2D eigenvalue weighted by Crippen LogP contribution is 2.14. The van der Waals surface area contributed by atoms with Crippen molar-refractivity contribution in [2.75, 3.05) is 0 Å². The van der Waals surface area contributed by atoms with Gasteiger partial charge in [0.25, 0.3) is 11.8 Å². The van der Waals surface area contributed by atoms with Crippen molar-refractivity contribution in [1.29, 1.82) is 0 Å². The molecular weight excluding hydrogens is 280 g/mol. The Morgan fingerprint density at radius 3 is 2.73 bits per heavy atom. The molecule has 3 aromatic rings. The number of pyridine rings is 1. The van der Waals surface area contributed by atoms with E-state index >= 15 is 0 Å². The summed E-state index contributed by atoms with van der Waals surface area (Å²) in [6, 6.07) is 13.0. The van der Waals surface area contributed by atoms with E-state index in [2.05, 4.69) is 15.8 Å². The Bertz CT molecular complexity index is 811. The van der Waals surface area contributed by atoms with Crippen LogP contribution >= 0.6 is 0 Å². The lowest BCUT2D eigenvalue weighted by atomic mass is 10.2. The standard InChI is InChI=1S/C16H14N4O2/c21-15(18-19-16(22)13-5-3-8-17-10-13)11-20-9-7-12-4-1-2-6-14(12)20/h1-10H,11H2,(H,18,21)(H,19,22). The van der Waals surface area contributed by atoms with Gasteiger partial charge in [0.2, 0.25) is 0 Å². The van der Waals surface area contributed by atoms with Crippen LogP contribution in [0.2, 0.25) is 0 Å². The molecule has 2 heterocycles. The Morgan fingerprint density at radius 1 is 1.05 bits per heavy atom. The summed E-state index contributed by atoms with van der Waals surface area (Å²) in [6.07, 6.45) is 4.85. The first-order chi connectivity index (χ1) is 10.7. The first-order valence-corrected chi connectivity index (χ1v) is 6.77. The third kappa shape index (κ3) is 2.95. The zero-order valence-electron chi connectivity index (χ0n) is 11.7. The summed E-state index contributed by atoms with van der Waals surface area (Å²) in [4.78, 5) is 27.6. The summed E-state index contributed by atoms with van der Waals surface area (Å²) >= 11 is 0. The van der Waals surface area contributed by atoms with Gasteiger partial charge in [0, 0.05) is 24.1 Å². The minimum absolute atomic E-state index is 0.126. The van der Waals surface area contributed by atoms with Gasteiger partial charge < -0.3 is 4.57 Å². The number of aromatic nitrogens is 2. The number of rotatable bonds is 3. The molecule has 3 rings (SSSR count). The second kappa shape index (κ2) is 6.09. The van der Waals surface area contributed by atoms with E-state index < -0.39 is 5.91 Å². The van der Waals surface area contributed by atoms with E-state index in [1.54, 1.807) is 18.3 Å². The number of fused-ring (bicyclic) bond motifs is 1. The minimum atomic E-state index is -0.404. The van der Waals surface area contributed by atoms with Crippen molar-refractivity contribution in [3.05, 3.63) is 66.6 Å². The molecule has 0 fully saturated rings. The van der Waals surface area contributed by atoms with E-state index in [0.29, 0.717) is 5.56 Å². The highest BCUT2D eigenvalue weighted by Gasteiger charge is 2.08. The van der Waals surface area contributed by atoms with Gasteiger partial charge in [-0.3, -0.25) is 25.4 Å². The lowest BCUT2D eigenvalue weighted by molar-refractivity contribution is -0.122. The molecule has 0 atom stereocenters. The summed E-state index contributed by atoms with van der Waals surface area (Å²) in [5.74, 6) is -0.711. The van der Waals surface area contributed by atoms with Crippen molar-refractivity contribution in [3.63, 3.8) is 0 Å². The maximum absolute atomic E-state index is 11.9. The number of benzene rings is 1. The highest BCUT2D eigenvalue weighted by molar-refractivity contribution is 5.95. The first kappa shape index (κ1) is 13.8. The van der Waals surface area contributed by atoms with E-state index in [-0.39, 0.29) is 12.5 Å². The number of nitrogens with one attached hydrogen (secondary N) is 2. The zero-order valence-corrected chi connectivity index (χ0v) is 11.7. The molecule has 6 nitrogen and oxygen atoms in total. The molecule has 2 amide bonds. The van der Waals surface area contributed by atoms with Gasteiger partial charge >= 0.3 is 0 Å². The summed E-state index contributed by atoms with van der Waals surface area (Å²) in [6.45, 7) is 0.126. The van der Waals surface area contributed by atoms with E-state index in [1.165, 1.54) is 6.20 Å². The van der Waals surface area contributed by atoms with E-state index in [9.17, 15) is 9.59 Å². The second-order valence-corrected chi connectivity index (χ2v) is 4.75. The maximum Gasteiger partial charge on any atom is 0.271 e. The molecule has 0 saturated carbocycles. The second-order valence-electron chi connectivity index (χ2n) is 4.75. The van der Waals surface area contributed by atoms with Crippen molar-refractivity contribution in [2.45, 2.75) is 6.54 Å². The van der Waals surface area contributed by atoms with Crippen LogP contribution in [0.4, 0.5) is 0 Å². The SMILES string of the molecule is O=C(Cn1ccc2ccccc21)NNC(=O)c1cccnc1. The predicted octanol–water partition coefficient (Wildman–Crippen LogP) is 1.50. The molecule has 0 unspecified atom stereocenters. The lowest BCUT2D eigenvalue weighted by Gasteiger charge is -2.08. The molecule has 0 aliphatic heterocycles. The van der Waals surface area contributed by atoms with Crippen LogP contribution in [0, 0.1) is 0 Å². The Hall–Kier alpha value is -3.15. The predicted molar refractivity (Wildman–Crippen MR) is 81.8 cm³/mol. The summed E-state index contributed by atoms with van der Waals surface area (Å²) < 4.78 is 1.82. The van der Waals surface area contributed by atoms with E-state index in [0.717, 1.165) is 10.9 Å². The van der Waals surface area contributed by atoms with Gasteiger partial charge in [-0.15, -0.1) is 0 Å². The number of para-hydroxylation sites is 1. The van der Waals surface area contributed by atoms with Gasteiger partial charge in [0.05, 0.1) is 5.56 Å². The maximum atomic E-state index is 11.9. The molecule has 0 saturated heterocycles. The number of carbonyl (C=O) groups excluding carboxylic acids is 2. The molecule has 110 valence electrons. The van der Waals surface area contributed by atoms with Crippen LogP contribution in [0.3, 0.4) is 0 Å². The fourth-order valence-electron chi connectivity index (χ4n) is 2.17. The van der Waals surface area contributed by atoms with Crippen molar-refractivity contribution >= 4 is 22.7 Å². The summed E-state index contributed by atoms with van der Waals surface area (Å²) in [7, 11) is 0. The number of hydrogen-bond acceptors (Lipinski definition) is 3. The quantitative estimate of drug-likeness (QED) is 0.719. The molecule has 6 heteroatoms. The van der Waals surface area contributed by atoms with Gasteiger partial charge in [-0.25, -0.2) is 0 Å². The van der Waals surface area contributed by atoms with Crippen LogP contribution in [-0.4, -0.2) is 21.4 Å². The van der Waals surface area contributed by atoms with Crippen LogP contribution in [0.25, 0.3) is 10.9 Å². The van der Waals surface area contributed by atoms with E-state index in [1.807, 2.05) is 41.1 Å². The van der Waals surface area contributed by atoms with Gasteiger partial charge in [0.15, 0.2) is 0 Å². The van der Waals surface area contributed by atoms with Crippen LogP contribution in [0.5, 0.6) is 0 Å². The third-order valence-corrected chi connectivity index (χ3v) is 3.23. The smallest absolute Gasteiger partial charge is 0.271 e. The molecule has 2 N–H and O–H groups in total. The van der Waals surface area contributed by atoms with Gasteiger partial charge in [-0.05, 0) is 29.7 Å². The highest BCUT2D eigenvalue weighted by atomic mass is 16.2. The normalized spacial score (nSPS) is 10.4. The Morgan fingerprint density at radius 2 is 1.91 bits per heavy atom. The average Bonchev–Trinajstić information content (AvgIpc) is 2.97. The molecule has 22 heavy (non-hydrogen) atoms. The van der Waals surface area contributed by atoms with Gasteiger partial charge in [-0.2, -0.15) is 0 Å². The lowest BCUT2D eigenvalue weighted by Crippen LogP contribution is -2.43. The first-order valence-electron chi connectivity index (χ1n) is 6.77. The van der Waals surface area contributed by atoms with Crippen molar-refractivity contribution in [1.82, 2.24) is 20.4 Å². The van der Waals surface area contributed by atoms with Crippen LogP contribution < -0.4 is 10.9 Å². The summed E-state index contributed by atoms with van der Waals surface area (Å²) in [5.41, 5.74) is 6.12. The Labute approximate surface area is 126 Å².